The molecule has 19 heavy (non-hydrogen) atoms. The molecule has 100 valence electrons. The maximum atomic E-state index is 11.8. The molecule has 0 aliphatic carbocycles. The first kappa shape index (κ1) is 13.4. The third-order valence-electron chi connectivity index (χ3n) is 2.49. The molecule has 0 bridgehead atoms. The van der Waals surface area contributed by atoms with E-state index in [2.05, 4.69) is 22.4 Å². The summed E-state index contributed by atoms with van der Waals surface area (Å²) in [5, 5.41) is 10.8. The number of benzene rings is 1. The zero-order valence-electron chi connectivity index (χ0n) is 10.5. The Kier molecular flexibility index (Phi) is 4.40. The molecule has 1 aromatic heterocycles. The van der Waals surface area contributed by atoms with Crippen molar-refractivity contribution in [2.75, 3.05) is 16.9 Å². The van der Waals surface area contributed by atoms with Gasteiger partial charge in [-0.05, 0) is 24.1 Å². The number of rotatable bonds is 5. The van der Waals surface area contributed by atoms with E-state index in [4.69, 9.17) is 5.84 Å². The Bertz CT molecular complexity index is 569. The summed E-state index contributed by atoms with van der Waals surface area (Å²) in [5.74, 6) is 5.70. The van der Waals surface area contributed by atoms with Crippen LogP contribution in [0.2, 0.25) is 0 Å². The van der Waals surface area contributed by atoms with E-state index in [1.165, 1.54) is 28.3 Å². The SMILES string of the molecule is CCc1cccc(NC(=O)CSc2nncn2N)c1. The molecular formula is C12H15N5OS. The highest BCUT2D eigenvalue weighted by molar-refractivity contribution is 7.99. The number of nitrogens with one attached hydrogen (secondary N) is 1. The Morgan fingerprint density at radius 3 is 3.05 bits per heavy atom. The number of hydrogen-bond donors (Lipinski definition) is 2. The first-order valence-electron chi connectivity index (χ1n) is 5.85. The zero-order chi connectivity index (χ0) is 13.7. The predicted molar refractivity (Wildman–Crippen MR) is 75.3 cm³/mol. The number of amides is 1. The standard InChI is InChI=1S/C12H15N5OS/c1-2-9-4-3-5-10(6-9)15-11(18)7-19-12-16-14-8-17(12)13/h3-6,8H,2,7,13H2,1H3,(H,15,18). The normalized spacial score (nSPS) is 10.4. The van der Waals surface area contributed by atoms with Gasteiger partial charge >= 0.3 is 0 Å². The third-order valence-corrected chi connectivity index (χ3v) is 3.45. The Morgan fingerprint density at radius 1 is 1.53 bits per heavy atom. The number of carbonyl (C=O) groups is 1. The number of nitrogen functional groups attached to an aromatic ring is 1. The average Bonchev–Trinajstić information content (AvgIpc) is 2.82. The quantitative estimate of drug-likeness (QED) is 0.635. The molecule has 7 heteroatoms. The van der Waals surface area contributed by atoms with Crippen LogP contribution in [-0.2, 0) is 11.2 Å². The summed E-state index contributed by atoms with van der Waals surface area (Å²) in [5.41, 5.74) is 1.99. The molecule has 0 radical (unpaired) electrons. The molecule has 6 nitrogen and oxygen atoms in total. The van der Waals surface area contributed by atoms with Crippen molar-refractivity contribution in [3.63, 3.8) is 0 Å². The highest BCUT2D eigenvalue weighted by Gasteiger charge is 2.07. The lowest BCUT2D eigenvalue weighted by Gasteiger charge is -2.06. The second-order valence-electron chi connectivity index (χ2n) is 3.91. The highest BCUT2D eigenvalue weighted by Crippen LogP contribution is 2.14. The molecule has 0 atom stereocenters. The fourth-order valence-electron chi connectivity index (χ4n) is 1.53. The summed E-state index contributed by atoms with van der Waals surface area (Å²) in [6.45, 7) is 2.07. The second kappa shape index (κ2) is 6.24. The molecular weight excluding hydrogens is 262 g/mol. The number of nitrogens with two attached hydrogens (primary N) is 1. The fraction of sp³-hybridized carbons (Fsp3) is 0.250. The summed E-state index contributed by atoms with van der Waals surface area (Å²) in [7, 11) is 0. The first-order valence-corrected chi connectivity index (χ1v) is 6.84. The molecule has 0 fully saturated rings. The van der Waals surface area contributed by atoms with Crippen LogP contribution in [0.1, 0.15) is 12.5 Å². The number of aromatic nitrogens is 3. The number of carbonyl (C=O) groups excluding carboxylic acids is 1. The molecule has 0 aliphatic heterocycles. The van der Waals surface area contributed by atoms with E-state index in [0.717, 1.165) is 12.1 Å². The molecule has 0 spiro atoms. The number of aryl methyl sites for hydroxylation is 1. The van der Waals surface area contributed by atoms with Crippen molar-refractivity contribution >= 4 is 23.4 Å². The van der Waals surface area contributed by atoms with E-state index in [1.54, 1.807) is 0 Å². The van der Waals surface area contributed by atoms with Crippen LogP contribution in [0.25, 0.3) is 0 Å². The van der Waals surface area contributed by atoms with E-state index >= 15 is 0 Å². The molecule has 0 saturated carbocycles. The Balaban J connectivity index is 1.89. The molecule has 0 saturated heterocycles. The van der Waals surface area contributed by atoms with Gasteiger partial charge in [0, 0.05) is 5.69 Å². The smallest absolute Gasteiger partial charge is 0.234 e. The van der Waals surface area contributed by atoms with Gasteiger partial charge in [-0.3, -0.25) is 4.79 Å². The van der Waals surface area contributed by atoms with Crippen LogP contribution in [0.3, 0.4) is 0 Å². The first-order chi connectivity index (χ1) is 9.19. The van der Waals surface area contributed by atoms with Gasteiger partial charge in [0.15, 0.2) is 0 Å². The van der Waals surface area contributed by atoms with Gasteiger partial charge in [-0.2, -0.15) is 0 Å². The lowest BCUT2D eigenvalue weighted by Crippen LogP contribution is -2.15. The van der Waals surface area contributed by atoms with Gasteiger partial charge in [-0.1, -0.05) is 30.8 Å². The van der Waals surface area contributed by atoms with E-state index < -0.39 is 0 Å². The molecule has 0 aliphatic rings. The third kappa shape index (κ3) is 3.72. The minimum absolute atomic E-state index is 0.0961. The van der Waals surface area contributed by atoms with Crippen molar-refractivity contribution in [1.29, 1.82) is 0 Å². The van der Waals surface area contributed by atoms with E-state index in [0.29, 0.717) is 5.16 Å². The van der Waals surface area contributed by atoms with Gasteiger partial charge in [-0.15, -0.1) is 10.2 Å². The average molecular weight is 277 g/mol. The van der Waals surface area contributed by atoms with Crippen LogP contribution >= 0.6 is 11.8 Å². The van der Waals surface area contributed by atoms with Crippen LogP contribution in [0.4, 0.5) is 5.69 Å². The van der Waals surface area contributed by atoms with Gasteiger partial charge in [0.1, 0.15) is 6.33 Å². The Hall–Kier alpha value is -2.02. The topological polar surface area (TPSA) is 85.8 Å². The van der Waals surface area contributed by atoms with Crippen LogP contribution in [0, 0.1) is 0 Å². The van der Waals surface area contributed by atoms with Crippen LogP contribution in [0.15, 0.2) is 35.7 Å². The van der Waals surface area contributed by atoms with Gasteiger partial charge in [0.2, 0.25) is 11.1 Å². The number of thioether (sulfide) groups is 1. The van der Waals surface area contributed by atoms with E-state index in [1.807, 2.05) is 24.3 Å². The monoisotopic (exact) mass is 277 g/mol. The maximum Gasteiger partial charge on any atom is 0.234 e. The van der Waals surface area contributed by atoms with Crippen LogP contribution in [-0.4, -0.2) is 26.5 Å². The van der Waals surface area contributed by atoms with Crippen molar-refractivity contribution in [3.8, 4) is 0 Å². The summed E-state index contributed by atoms with van der Waals surface area (Å²) in [6, 6.07) is 7.79. The number of hydrogen-bond acceptors (Lipinski definition) is 5. The zero-order valence-corrected chi connectivity index (χ0v) is 11.4. The molecule has 2 aromatic rings. The molecule has 1 aromatic carbocycles. The van der Waals surface area contributed by atoms with Gasteiger partial charge < -0.3 is 11.2 Å². The van der Waals surface area contributed by atoms with Crippen molar-refractivity contribution < 1.29 is 4.79 Å². The van der Waals surface area contributed by atoms with Crippen molar-refractivity contribution in [3.05, 3.63) is 36.2 Å². The van der Waals surface area contributed by atoms with Crippen LogP contribution in [0.5, 0.6) is 0 Å². The van der Waals surface area contributed by atoms with E-state index in [-0.39, 0.29) is 11.7 Å². The highest BCUT2D eigenvalue weighted by atomic mass is 32.2. The van der Waals surface area contributed by atoms with Crippen molar-refractivity contribution in [2.24, 2.45) is 0 Å². The summed E-state index contributed by atoms with van der Waals surface area (Å²) in [4.78, 5) is 11.8. The molecule has 0 unspecified atom stereocenters. The molecule has 3 N–H and O–H groups in total. The molecule has 1 heterocycles. The van der Waals surface area contributed by atoms with Crippen molar-refractivity contribution in [1.82, 2.24) is 14.9 Å². The molecule has 2 rings (SSSR count). The summed E-state index contributed by atoms with van der Waals surface area (Å²) in [6.07, 6.45) is 2.33. The molecule has 1 amide bonds. The maximum absolute atomic E-state index is 11.8. The number of nitrogens with zero attached hydrogens (tertiary/aromatic N) is 3. The summed E-state index contributed by atoms with van der Waals surface area (Å²) >= 11 is 1.24. The van der Waals surface area contributed by atoms with Crippen molar-refractivity contribution in [2.45, 2.75) is 18.5 Å². The summed E-state index contributed by atoms with van der Waals surface area (Å²) < 4.78 is 1.29. The van der Waals surface area contributed by atoms with Gasteiger partial charge in [0.25, 0.3) is 0 Å². The van der Waals surface area contributed by atoms with E-state index in [9.17, 15) is 4.79 Å². The minimum atomic E-state index is -0.0961. The lowest BCUT2D eigenvalue weighted by molar-refractivity contribution is -0.113. The lowest BCUT2D eigenvalue weighted by atomic mass is 10.1. The second-order valence-corrected chi connectivity index (χ2v) is 4.85. The fourth-order valence-corrected chi connectivity index (χ4v) is 2.16. The minimum Gasteiger partial charge on any atom is -0.336 e. The van der Waals surface area contributed by atoms with Gasteiger partial charge in [-0.25, -0.2) is 4.68 Å². The van der Waals surface area contributed by atoms with Gasteiger partial charge in [0.05, 0.1) is 5.75 Å². The predicted octanol–water partition coefficient (Wildman–Crippen LogP) is 1.29. The number of anilines is 1. The largest absolute Gasteiger partial charge is 0.336 e. The van der Waals surface area contributed by atoms with Crippen LogP contribution < -0.4 is 11.2 Å². The Morgan fingerprint density at radius 2 is 2.37 bits per heavy atom. The Labute approximate surface area is 115 Å².